The molecule has 20 heteroatoms. The number of hydrogen-bond acceptors (Lipinski definition) is 6. The van der Waals surface area contributed by atoms with E-state index in [1.807, 2.05) is 0 Å². The Hall–Kier alpha value is -4.00. The smallest absolute Gasteiger partial charge is 0.358 e. The second kappa shape index (κ2) is 14.1. The first-order chi connectivity index (χ1) is 18.7. The van der Waals surface area contributed by atoms with E-state index >= 15 is 0 Å². The van der Waals surface area contributed by atoms with Crippen LogP contribution in [0.25, 0.3) is 0 Å². The average molecular weight is 614 g/mol. The van der Waals surface area contributed by atoms with Crippen molar-refractivity contribution in [1.29, 1.82) is 0 Å². The Labute approximate surface area is 222 Å². The zero-order valence-electron chi connectivity index (χ0n) is 20.5. The summed E-state index contributed by atoms with van der Waals surface area (Å²) >= 11 is 0. The summed E-state index contributed by atoms with van der Waals surface area (Å²) in [6.45, 7) is -3.62. The third kappa shape index (κ3) is 10.5. The van der Waals surface area contributed by atoms with Crippen molar-refractivity contribution in [1.82, 2.24) is 9.13 Å². The van der Waals surface area contributed by atoms with Gasteiger partial charge < -0.3 is 20.2 Å². The van der Waals surface area contributed by atoms with Crippen molar-refractivity contribution in [2.45, 2.75) is 70.4 Å². The Balaban J connectivity index is 0.000000414. The van der Waals surface area contributed by atoms with Crippen molar-refractivity contribution >= 4 is 23.2 Å². The molecule has 0 N–H and O–H groups in total. The van der Waals surface area contributed by atoms with Gasteiger partial charge in [-0.15, -0.1) is 0 Å². The summed E-state index contributed by atoms with van der Waals surface area (Å²) in [5.41, 5.74) is -0.535. The largest absolute Gasteiger partial charge is 0.453 e. The van der Waals surface area contributed by atoms with E-state index in [1.165, 1.54) is 0 Å². The molecule has 2 heterocycles. The summed E-state index contributed by atoms with van der Waals surface area (Å²) in [6.07, 6.45) is -13.0. The number of aromatic nitrogens is 2. The highest BCUT2D eigenvalue weighted by atomic mass is 19.4. The van der Waals surface area contributed by atoms with E-state index in [9.17, 15) is 73.7 Å². The van der Waals surface area contributed by atoms with E-state index in [2.05, 4.69) is 0 Å². The number of Topliss-reactive ketones (excluding diaryl/α,β-unsaturated/α-hetero) is 2. The van der Waals surface area contributed by atoms with Gasteiger partial charge in [-0.2, -0.15) is 35.1 Å². The molecule has 0 amide bonds. The minimum Gasteiger partial charge on any atom is -0.358 e. The minimum atomic E-state index is -5.77. The molecule has 0 atom stereocenters. The lowest BCUT2D eigenvalue weighted by Gasteiger charge is -2.18. The molecule has 0 saturated heterocycles. The first-order valence-electron chi connectivity index (χ1n) is 11.1. The molecule has 41 heavy (non-hydrogen) atoms. The van der Waals surface area contributed by atoms with Crippen LogP contribution in [0.2, 0.25) is 0 Å². The maximum absolute atomic E-state index is 12.7. The van der Waals surface area contributed by atoms with Crippen LogP contribution in [0.5, 0.6) is 0 Å². The lowest BCUT2D eigenvalue weighted by atomic mass is 10.1. The lowest BCUT2D eigenvalue weighted by Crippen LogP contribution is -2.36. The summed E-state index contributed by atoms with van der Waals surface area (Å²) in [6, 6.07) is 2.14. The standard InChI is InChI=1S/C11H10F6N2O3.C10H10F4N2O3/c12-5-7-2-4-18(9(7)19(21)22)6-8(20)1-3-10(13,14)11(15,16)17;11-5-7-2-4-15(9(7)16(18)19)6-8(17)1-3-10(12,13)14/h2,4H,1,3,5-6H2;2,4H,1,3,5-6H2. The van der Waals surface area contributed by atoms with Crippen molar-refractivity contribution < 1.29 is 63.3 Å². The van der Waals surface area contributed by atoms with Gasteiger partial charge in [0.15, 0.2) is 11.6 Å². The molecule has 0 aliphatic heterocycles. The van der Waals surface area contributed by atoms with Gasteiger partial charge in [-0.05, 0) is 22.0 Å². The van der Waals surface area contributed by atoms with E-state index in [4.69, 9.17) is 0 Å². The lowest BCUT2D eigenvalue weighted by molar-refractivity contribution is -0.392. The van der Waals surface area contributed by atoms with E-state index < -0.39 is 103 Å². The van der Waals surface area contributed by atoms with Gasteiger partial charge in [-0.1, -0.05) is 0 Å². The third-order valence-corrected chi connectivity index (χ3v) is 5.18. The first kappa shape index (κ1) is 35.0. The van der Waals surface area contributed by atoms with Crippen LogP contribution in [0.15, 0.2) is 24.5 Å². The normalized spacial score (nSPS) is 12.0. The Morgan fingerprint density at radius 3 is 1.37 bits per heavy atom. The molecule has 0 saturated carbocycles. The zero-order valence-corrected chi connectivity index (χ0v) is 20.5. The number of ketones is 2. The van der Waals surface area contributed by atoms with Gasteiger partial charge >= 0.3 is 29.9 Å². The molecule has 10 nitrogen and oxygen atoms in total. The molecule has 0 unspecified atom stereocenters. The van der Waals surface area contributed by atoms with E-state index in [1.54, 1.807) is 0 Å². The van der Waals surface area contributed by atoms with Crippen LogP contribution in [0, 0.1) is 20.2 Å². The van der Waals surface area contributed by atoms with E-state index in [-0.39, 0.29) is 11.1 Å². The highest BCUT2D eigenvalue weighted by molar-refractivity contribution is 5.79. The van der Waals surface area contributed by atoms with Gasteiger partial charge in [0.25, 0.3) is 0 Å². The fourth-order valence-electron chi connectivity index (χ4n) is 3.18. The number of hydrogen-bond donors (Lipinski definition) is 0. The molecule has 0 aromatic carbocycles. The maximum atomic E-state index is 12.7. The number of alkyl halides is 10. The molecule has 2 rings (SSSR count). The molecule has 0 aliphatic rings. The molecular formula is C21H20F10N4O6. The van der Waals surface area contributed by atoms with Crippen LogP contribution in [-0.4, -0.2) is 48.8 Å². The van der Waals surface area contributed by atoms with Crippen LogP contribution in [-0.2, 0) is 36.0 Å². The van der Waals surface area contributed by atoms with E-state index in [0.29, 0.717) is 4.57 Å². The van der Waals surface area contributed by atoms with Crippen molar-refractivity contribution in [2.24, 2.45) is 0 Å². The van der Waals surface area contributed by atoms with Crippen molar-refractivity contribution in [3.8, 4) is 0 Å². The van der Waals surface area contributed by atoms with Crippen LogP contribution in [0.4, 0.5) is 55.5 Å². The maximum Gasteiger partial charge on any atom is 0.453 e. The van der Waals surface area contributed by atoms with Crippen molar-refractivity contribution in [3.63, 3.8) is 0 Å². The van der Waals surface area contributed by atoms with Gasteiger partial charge in [-0.25, -0.2) is 17.9 Å². The number of carbonyl (C=O) groups excluding carboxylic acids is 2. The van der Waals surface area contributed by atoms with Crippen molar-refractivity contribution in [3.05, 3.63) is 55.9 Å². The fourth-order valence-corrected chi connectivity index (χ4v) is 3.18. The summed E-state index contributed by atoms with van der Waals surface area (Å²) in [4.78, 5) is 42.3. The van der Waals surface area contributed by atoms with Gasteiger partial charge in [0.05, 0.1) is 29.9 Å². The zero-order chi connectivity index (χ0) is 31.8. The molecule has 0 aliphatic carbocycles. The second-order valence-electron chi connectivity index (χ2n) is 8.26. The Morgan fingerprint density at radius 1 is 0.707 bits per heavy atom. The molecule has 230 valence electrons. The molecular weight excluding hydrogens is 594 g/mol. The predicted octanol–water partition coefficient (Wildman–Crippen LogP) is 6.19. The number of halogens is 10. The highest BCUT2D eigenvalue weighted by Crippen LogP contribution is 2.39. The molecule has 0 radical (unpaired) electrons. The SMILES string of the molecule is O=C(CCC(F)(F)C(F)(F)F)Cn1ccc(CF)c1[N+](=O)[O-].O=C(CCC(F)(F)F)Cn1ccc(CF)c1[N+](=O)[O-]. The highest BCUT2D eigenvalue weighted by Gasteiger charge is 2.56. The monoisotopic (exact) mass is 614 g/mol. The fraction of sp³-hybridized carbons (Fsp3) is 0.524. The summed E-state index contributed by atoms with van der Waals surface area (Å²) in [5.74, 6) is -8.23. The summed E-state index contributed by atoms with van der Waals surface area (Å²) in [7, 11) is 0. The van der Waals surface area contributed by atoms with Gasteiger partial charge in [-0.3, -0.25) is 9.59 Å². The number of nitrogens with zero attached hydrogens (tertiary/aromatic N) is 4. The molecule has 2 aromatic rings. The summed E-state index contributed by atoms with van der Waals surface area (Å²) in [5, 5.41) is 21.4. The van der Waals surface area contributed by atoms with Crippen LogP contribution in [0.3, 0.4) is 0 Å². The van der Waals surface area contributed by atoms with Crippen LogP contribution < -0.4 is 0 Å². The van der Waals surface area contributed by atoms with Crippen molar-refractivity contribution in [2.75, 3.05) is 0 Å². The molecule has 2 aromatic heterocycles. The number of rotatable bonds is 13. The third-order valence-electron chi connectivity index (χ3n) is 5.18. The predicted molar refractivity (Wildman–Crippen MR) is 117 cm³/mol. The van der Waals surface area contributed by atoms with Crippen LogP contribution >= 0.6 is 0 Å². The number of carbonyl (C=O) groups is 2. The van der Waals surface area contributed by atoms with Gasteiger partial charge in [0, 0.05) is 19.3 Å². The van der Waals surface area contributed by atoms with Gasteiger partial charge in [0.1, 0.15) is 26.4 Å². The molecule has 0 fully saturated rings. The quantitative estimate of drug-likeness (QED) is 0.150. The Bertz CT molecular complexity index is 1240. The molecule has 0 bridgehead atoms. The Kier molecular flexibility index (Phi) is 12.0. The first-order valence-corrected chi connectivity index (χ1v) is 11.1. The van der Waals surface area contributed by atoms with Crippen LogP contribution in [0.1, 0.15) is 36.8 Å². The Morgan fingerprint density at radius 2 is 1.07 bits per heavy atom. The molecule has 0 spiro atoms. The summed E-state index contributed by atoms with van der Waals surface area (Å²) < 4.78 is 123. The van der Waals surface area contributed by atoms with Gasteiger partial charge in [0.2, 0.25) is 0 Å². The number of nitro groups is 2. The van der Waals surface area contributed by atoms with E-state index in [0.717, 1.165) is 29.1 Å². The second-order valence-corrected chi connectivity index (χ2v) is 8.26. The average Bonchev–Trinajstić information content (AvgIpc) is 3.44. The topological polar surface area (TPSA) is 130 Å². The minimum absolute atomic E-state index is 0.214.